The van der Waals surface area contributed by atoms with Crippen molar-refractivity contribution in [3.05, 3.63) is 48.0 Å². The summed E-state index contributed by atoms with van der Waals surface area (Å²) in [4.78, 5) is 26.6. The van der Waals surface area contributed by atoms with Crippen molar-refractivity contribution >= 4 is 11.9 Å². The molecule has 1 aromatic carbocycles. The van der Waals surface area contributed by atoms with E-state index in [0.717, 1.165) is 38.5 Å². The highest BCUT2D eigenvalue weighted by molar-refractivity contribution is 5.89. The first-order chi connectivity index (χ1) is 23.3. The van der Waals surface area contributed by atoms with E-state index >= 15 is 0 Å². The summed E-state index contributed by atoms with van der Waals surface area (Å²) in [6.45, 7) is 11.0. The maximum absolute atomic E-state index is 13.8. The van der Waals surface area contributed by atoms with Gasteiger partial charge < -0.3 is 43.7 Å². The first kappa shape index (κ1) is 33.7. The highest BCUT2D eigenvalue weighted by Crippen LogP contribution is 2.74. The normalized spacial score (nSPS) is 50.9. The number of aliphatic hydroxyl groups excluding tert-OH is 2. The minimum Gasteiger partial charge on any atom is -0.459 e. The Labute approximate surface area is 287 Å². The van der Waals surface area contributed by atoms with E-state index in [1.54, 1.807) is 30.3 Å². The molecule has 268 valence electrons. The smallest absolute Gasteiger partial charge is 0.338 e. The monoisotopic (exact) mass is 682 g/mol. The molecule has 15 atom stereocenters. The Kier molecular flexibility index (Phi) is 7.79. The SMILES string of the molecule is C=C(C)C12OC34CCCCCCCC(C)C5C(C)C(OC(=O)c6ccccc6)C6(O)C(O)C7(CO)OC7C(C1O3)C(CC2OC(C)=O)(O4)C56. The van der Waals surface area contributed by atoms with Crippen LogP contribution in [0.4, 0.5) is 0 Å². The molecule has 0 radical (unpaired) electrons. The third kappa shape index (κ3) is 4.39. The van der Waals surface area contributed by atoms with Crippen LogP contribution in [0.5, 0.6) is 0 Å². The van der Waals surface area contributed by atoms with Crippen molar-refractivity contribution in [2.45, 2.75) is 138 Å². The minimum absolute atomic E-state index is 0.0105. The van der Waals surface area contributed by atoms with Gasteiger partial charge in [0.15, 0.2) is 5.60 Å². The maximum atomic E-state index is 13.8. The van der Waals surface area contributed by atoms with Gasteiger partial charge in [-0.1, -0.05) is 70.7 Å². The highest BCUT2D eigenvalue weighted by atomic mass is 16.9. The van der Waals surface area contributed by atoms with Crippen LogP contribution in [0.15, 0.2) is 42.5 Å². The molecule has 3 N–H and O–H groups in total. The summed E-state index contributed by atoms with van der Waals surface area (Å²) in [5.74, 6) is -4.96. The summed E-state index contributed by atoms with van der Waals surface area (Å²) >= 11 is 0. The number of fused-ring (bicyclic) bond motifs is 1. The van der Waals surface area contributed by atoms with Crippen molar-refractivity contribution in [1.29, 1.82) is 0 Å². The fourth-order valence-corrected chi connectivity index (χ4v) is 11.6. The quantitative estimate of drug-likeness (QED) is 0.236. The molecule has 7 aliphatic rings. The summed E-state index contributed by atoms with van der Waals surface area (Å²) in [5, 5.41) is 37.1. The minimum atomic E-state index is -2.14. The fraction of sp³-hybridized carbons (Fsp3) is 0.737. The molecule has 4 heterocycles. The Morgan fingerprint density at radius 3 is 2.39 bits per heavy atom. The molecule has 8 rings (SSSR count). The zero-order chi connectivity index (χ0) is 34.7. The number of esters is 2. The standard InChI is InChI=1S/C38H50O11/c1-20(2)38-25(44-23(5)40)18-34-27-30-35(19-39,46-30)33(42)37(43)28(34)26(22(4)29(37)45-32(41)24-15-11-9-12-16-24)21(3)14-10-7-6-8-13-17-36(48-34,49-38)47-31(27)38/h9,11-12,15-16,21-22,25-31,33,39,42-43H,1,6-8,10,13-14,17-19H2,2-5H3. The Bertz CT molecular complexity index is 1520. The van der Waals surface area contributed by atoms with E-state index in [4.69, 9.17) is 28.4 Å². The molecule has 11 nitrogen and oxygen atoms in total. The van der Waals surface area contributed by atoms with Crippen LogP contribution in [0.25, 0.3) is 0 Å². The van der Waals surface area contributed by atoms with Gasteiger partial charge in [-0.25, -0.2) is 4.79 Å². The maximum Gasteiger partial charge on any atom is 0.338 e. The van der Waals surface area contributed by atoms with Gasteiger partial charge in [-0.05, 0) is 48.8 Å². The van der Waals surface area contributed by atoms with Gasteiger partial charge in [0.2, 0.25) is 0 Å². The summed E-state index contributed by atoms with van der Waals surface area (Å²) < 4.78 is 40.1. The number of ether oxygens (including phenoxy) is 6. The lowest BCUT2D eigenvalue weighted by Crippen LogP contribution is -2.74. The van der Waals surface area contributed by atoms with Gasteiger partial charge >= 0.3 is 11.9 Å². The van der Waals surface area contributed by atoms with E-state index in [1.165, 1.54) is 6.92 Å². The Morgan fingerprint density at radius 1 is 0.980 bits per heavy atom. The van der Waals surface area contributed by atoms with Gasteiger partial charge in [0.05, 0.1) is 17.8 Å². The summed E-state index contributed by atoms with van der Waals surface area (Å²) in [6.07, 6.45) is 0.733. The molecule has 49 heavy (non-hydrogen) atoms. The Morgan fingerprint density at radius 2 is 1.69 bits per heavy atom. The van der Waals surface area contributed by atoms with Gasteiger partial charge in [-0.15, -0.1) is 0 Å². The lowest BCUT2D eigenvalue weighted by atomic mass is 9.54. The number of rotatable bonds is 5. The molecule has 11 heteroatoms. The van der Waals surface area contributed by atoms with E-state index in [2.05, 4.69) is 13.5 Å². The average Bonchev–Trinajstić information content (AvgIpc) is 3.69. The van der Waals surface area contributed by atoms with E-state index in [9.17, 15) is 24.9 Å². The molecule has 3 bridgehead atoms. The lowest BCUT2D eigenvalue weighted by molar-refractivity contribution is -0.431. The van der Waals surface area contributed by atoms with Crippen molar-refractivity contribution in [2.75, 3.05) is 6.61 Å². The lowest BCUT2D eigenvalue weighted by Gasteiger charge is -2.60. The van der Waals surface area contributed by atoms with Crippen molar-refractivity contribution in [2.24, 2.45) is 29.6 Å². The van der Waals surface area contributed by atoms with Crippen LogP contribution in [0, 0.1) is 29.6 Å². The molecular weight excluding hydrogens is 632 g/mol. The molecule has 4 saturated heterocycles. The topological polar surface area (TPSA) is 154 Å². The van der Waals surface area contributed by atoms with E-state index in [0.29, 0.717) is 17.6 Å². The molecule has 0 amide bonds. The first-order valence-corrected chi connectivity index (χ1v) is 18.2. The van der Waals surface area contributed by atoms with Crippen molar-refractivity contribution in [3.8, 4) is 0 Å². The van der Waals surface area contributed by atoms with E-state index in [-0.39, 0.29) is 18.3 Å². The number of epoxide rings is 1. The van der Waals surface area contributed by atoms with Crippen molar-refractivity contribution < 1.29 is 53.3 Å². The van der Waals surface area contributed by atoms with Crippen LogP contribution >= 0.6 is 0 Å². The summed E-state index contributed by atoms with van der Waals surface area (Å²) in [7, 11) is 0. The van der Waals surface area contributed by atoms with Gasteiger partial charge in [0.25, 0.3) is 5.97 Å². The summed E-state index contributed by atoms with van der Waals surface area (Å²) in [6, 6.07) is 8.59. The largest absolute Gasteiger partial charge is 0.459 e. The van der Waals surface area contributed by atoms with Crippen molar-refractivity contribution in [1.82, 2.24) is 0 Å². The molecule has 2 spiro atoms. The van der Waals surface area contributed by atoms with Crippen molar-refractivity contribution in [3.63, 3.8) is 0 Å². The van der Waals surface area contributed by atoms with Gasteiger partial charge in [-0.3, -0.25) is 4.79 Å². The summed E-state index contributed by atoms with van der Waals surface area (Å²) in [5.41, 5.74) is -5.47. The van der Waals surface area contributed by atoms with Crippen LogP contribution in [0.3, 0.4) is 0 Å². The molecule has 7 fully saturated rings. The molecule has 15 unspecified atom stereocenters. The second-order valence-electron chi connectivity index (χ2n) is 16.1. The Hall–Kier alpha value is -2.38. The van der Waals surface area contributed by atoms with E-state index in [1.807, 2.05) is 13.8 Å². The average molecular weight is 683 g/mol. The van der Waals surface area contributed by atoms with Gasteiger partial charge in [0, 0.05) is 31.6 Å². The van der Waals surface area contributed by atoms with E-state index < -0.39 is 95.2 Å². The molecule has 4 aliphatic heterocycles. The number of hydrogen-bond acceptors (Lipinski definition) is 11. The van der Waals surface area contributed by atoms with Crippen LogP contribution in [0.2, 0.25) is 0 Å². The molecule has 3 aliphatic carbocycles. The van der Waals surface area contributed by atoms with Crippen LogP contribution in [-0.2, 0) is 33.2 Å². The number of carbonyl (C=O) groups is 2. The molecular formula is C38H50O11. The van der Waals surface area contributed by atoms with Gasteiger partial charge in [-0.2, -0.15) is 0 Å². The number of benzene rings is 1. The zero-order valence-corrected chi connectivity index (χ0v) is 28.8. The third-order valence-corrected chi connectivity index (χ3v) is 13.5. The zero-order valence-electron chi connectivity index (χ0n) is 28.8. The number of carbonyl (C=O) groups excluding carboxylic acids is 2. The van der Waals surface area contributed by atoms with Crippen LogP contribution < -0.4 is 0 Å². The third-order valence-electron chi connectivity index (χ3n) is 13.5. The second kappa shape index (κ2) is 11.3. The van der Waals surface area contributed by atoms with Gasteiger partial charge in [0.1, 0.15) is 41.7 Å². The van der Waals surface area contributed by atoms with Crippen LogP contribution in [0.1, 0.15) is 89.4 Å². The predicted molar refractivity (Wildman–Crippen MR) is 173 cm³/mol. The van der Waals surface area contributed by atoms with Crippen LogP contribution in [-0.4, -0.2) is 92.8 Å². The highest BCUT2D eigenvalue weighted by Gasteiger charge is 2.90. The predicted octanol–water partition coefficient (Wildman–Crippen LogP) is 3.81. The fourth-order valence-electron chi connectivity index (χ4n) is 11.6. The molecule has 1 aromatic rings. The number of hydrogen-bond donors (Lipinski definition) is 3. The second-order valence-corrected chi connectivity index (χ2v) is 16.1. The number of aliphatic hydroxyl groups is 3. The Balaban J connectivity index is 1.37. The molecule has 3 saturated carbocycles. The first-order valence-electron chi connectivity index (χ1n) is 18.2. The molecule has 0 aromatic heterocycles.